The third-order valence-electron chi connectivity index (χ3n) is 3.87. The molecule has 0 aliphatic carbocycles. The summed E-state index contributed by atoms with van der Waals surface area (Å²) in [5.41, 5.74) is 1.27. The molecule has 0 radical (unpaired) electrons. The molecule has 0 saturated carbocycles. The number of hydrogen-bond acceptors (Lipinski definition) is 3. The van der Waals surface area contributed by atoms with Crippen LogP contribution in [0.25, 0.3) is 0 Å². The van der Waals surface area contributed by atoms with Gasteiger partial charge in [0.15, 0.2) is 5.78 Å². The molecule has 1 amide bonds. The fourth-order valence-corrected chi connectivity index (χ4v) is 2.92. The zero-order valence-electron chi connectivity index (χ0n) is 13.8. The number of benzene rings is 2. The lowest BCUT2D eigenvalue weighted by Gasteiger charge is -2.15. The van der Waals surface area contributed by atoms with Crippen molar-refractivity contribution in [2.45, 2.75) is 13.0 Å². The fraction of sp³-hybridized carbons (Fsp3) is 0.105. The summed E-state index contributed by atoms with van der Waals surface area (Å²) in [6.07, 6.45) is 3.32. The van der Waals surface area contributed by atoms with Crippen molar-refractivity contribution in [1.29, 1.82) is 0 Å². The number of halogens is 2. The maximum Gasteiger partial charge on any atom is 0.248 e. The Labute approximate surface area is 164 Å². The van der Waals surface area contributed by atoms with Crippen LogP contribution in [-0.2, 0) is 4.79 Å². The molecule has 2 aromatic carbocycles. The molecule has 1 unspecified atom stereocenters. The summed E-state index contributed by atoms with van der Waals surface area (Å²) in [4.78, 5) is 25.4. The maximum absolute atomic E-state index is 12.8. The average molecular weight is 433 g/mol. The topological polar surface area (TPSA) is 64.0 Å². The minimum atomic E-state index is -0.545. The van der Waals surface area contributed by atoms with Crippen molar-refractivity contribution in [3.63, 3.8) is 0 Å². The van der Waals surface area contributed by atoms with E-state index in [0.29, 0.717) is 21.8 Å². The summed E-state index contributed by atoms with van der Waals surface area (Å²) >= 11 is 9.37. The summed E-state index contributed by atoms with van der Waals surface area (Å²) in [7, 11) is 0. The number of hydrogen-bond donors (Lipinski definition) is 1. The minimum Gasteiger partial charge on any atom is -0.324 e. The Morgan fingerprint density at radius 2 is 1.92 bits per heavy atom. The number of carbonyl (C=O) groups is 2. The molecule has 0 fully saturated rings. The van der Waals surface area contributed by atoms with Crippen LogP contribution in [0.15, 0.2) is 65.4 Å². The molecule has 5 nitrogen and oxygen atoms in total. The zero-order chi connectivity index (χ0) is 18.7. The highest BCUT2D eigenvalue weighted by Gasteiger charge is 2.20. The van der Waals surface area contributed by atoms with Gasteiger partial charge in [0.2, 0.25) is 5.91 Å². The van der Waals surface area contributed by atoms with Gasteiger partial charge in [-0.2, -0.15) is 5.10 Å². The number of aromatic nitrogens is 2. The van der Waals surface area contributed by atoms with Crippen LogP contribution >= 0.6 is 27.5 Å². The van der Waals surface area contributed by atoms with E-state index in [4.69, 9.17) is 11.6 Å². The largest absolute Gasteiger partial charge is 0.324 e. The molecule has 1 heterocycles. The van der Waals surface area contributed by atoms with E-state index < -0.39 is 6.04 Å². The van der Waals surface area contributed by atoms with Crippen LogP contribution in [0.3, 0.4) is 0 Å². The maximum atomic E-state index is 12.8. The first-order chi connectivity index (χ1) is 12.5. The lowest BCUT2D eigenvalue weighted by atomic mass is 10.0. The molecule has 26 heavy (non-hydrogen) atoms. The first-order valence-electron chi connectivity index (χ1n) is 7.85. The van der Waals surface area contributed by atoms with Gasteiger partial charge in [0.05, 0.1) is 16.4 Å². The number of anilines is 1. The van der Waals surface area contributed by atoms with Crippen LogP contribution in [0.1, 0.15) is 28.9 Å². The van der Waals surface area contributed by atoms with E-state index in [1.807, 2.05) is 6.07 Å². The normalized spacial score (nSPS) is 11.8. The third kappa shape index (κ3) is 4.03. The second-order valence-electron chi connectivity index (χ2n) is 5.69. The second kappa shape index (κ2) is 7.85. The van der Waals surface area contributed by atoms with Gasteiger partial charge in [-0.05, 0) is 41.1 Å². The summed E-state index contributed by atoms with van der Waals surface area (Å²) in [5.74, 6) is -0.497. The predicted octanol–water partition coefficient (Wildman–Crippen LogP) is 4.73. The van der Waals surface area contributed by atoms with Crippen LogP contribution in [0, 0.1) is 0 Å². The van der Waals surface area contributed by atoms with Gasteiger partial charge in [-0.25, -0.2) is 0 Å². The summed E-state index contributed by atoms with van der Waals surface area (Å²) < 4.78 is 2.32. The number of ketones is 1. The zero-order valence-corrected chi connectivity index (χ0v) is 16.2. The van der Waals surface area contributed by atoms with Gasteiger partial charge >= 0.3 is 0 Å². The standard InChI is InChI=1S/C19H15BrClN3O2/c1-12(24-11-14(20)10-22-24)19(26)23-17-8-7-15(21)9-16(17)18(25)13-5-3-2-4-6-13/h2-12H,1H3,(H,23,26). The summed E-state index contributed by atoms with van der Waals surface area (Å²) in [6.45, 7) is 1.73. The summed E-state index contributed by atoms with van der Waals surface area (Å²) in [6, 6.07) is 13.1. The number of amides is 1. The van der Waals surface area contributed by atoms with Crippen LogP contribution in [0.2, 0.25) is 5.02 Å². The molecule has 0 aliphatic heterocycles. The Balaban J connectivity index is 1.88. The monoisotopic (exact) mass is 431 g/mol. The van der Waals surface area contributed by atoms with Crippen LogP contribution in [0.4, 0.5) is 5.69 Å². The van der Waals surface area contributed by atoms with Crippen molar-refractivity contribution >= 4 is 44.9 Å². The van der Waals surface area contributed by atoms with Crippen molar-refractivity contribution < 1.29 is 9.59 Å². The Bertz CT molecular complexity index is 956. The van der Waals surface area contributed by atoms with Crippen LogP contribution < -0.4 is 5.32 Å². The van der Waals surface area contributed by atoms with Crippen molar-refractivity contribution in [2.24, 2.45) is 0 Å². The number of rotatable bonds is 5. The van der Waals surface area contributed by atoms with E-state index >= 15 is 0 Å². The summed E-state index contributed by atoms with van der Waals surface area (Å²) in [5, 5.41) is 7.34. The second-order valence-corrected chi connectivity index (χ2v) is 7.04. The lowest BCUT2D eigenvalue weighted by molar-refractivity contribution is -0.119. The van der Waals surface area contributed by atoms with Gasteiger partial charge in [-0.1, -0.05) is 41.9 Å². The molecule has 1 aromatic heterocycles. The van der Waals surface area contributed by atoms with Crippen LogP contribution in [-0.4, -0.2) is 21.5 Å². The molecule has 3 rings (SSSR count). The van der Waals surface area contributed by atoms with Gasteiger partial charge in [-0.3, -0.25) is 14.3 Å². The lowest BCUT2D eigenvalue weighted by Crippen LogP contribution is -2.25. The molecule has 0 spiro atoms. The Hall–Kier alpha value is -2.44. The molecular formula is C19H15BrClN3O2. The number of nitrogens with one attached hydrogen (secondary N) is 1. The van der Waals surface area contributed by atoms with Gasteiger partial charge in [0, 0.05) is 22.3 Å². The molecule has 0 bridgehead atoms. The molecule has 3 aromatic rings. The average Bonchev–Trinajstić information content (AvgIpc) is 3.09. The van der Waals surface area contributed by atoms with Crippen molar-refractivity contribution in [1.82, 2.24) is 9.78 Å². The minimum absolute atomic E-state index is 0.210. The number of nitrogens with zero attached hydrogens (tertiary/aromatic N) is 2. The van der Waals surface area contributed by atoms with Gasteiger partial charge < -0.3 is 5.32 Å². The molecule has 1 N–H and O–H groups in total. The van der Waals surface area contributed by atoms with E-state index in [9.17, 15) is 9.59 Å². The van der Waals surface area contributed by atoms with E-state index in [0.717, 1.165) is 4.47 Å². The highest BCUT2D eigenvalue weighted by molar-refractivity contribution is 9.10. The molecule has 0 aliphatic rings. The van der Waals surface area contributed by atoms with Crippen molar-refractivity contribution in [2.75, 3.05) is 5.32 Å². The van der Waals surface area contributed by atoms with E-state index in [1.54, 1.807) is 61.8 Å². The van der Waals surface area contributed by atoms with Gasteiger partial charge in [-0.15, -0.1) is 0 Å². The van der Waals surface area contributed by atoms with Gasteiger partial charge in [0.1, 0.15) is 6.04 Å². The molecule has 1 atom stereocenters. The molecule has 132 valence electrons. The Morgan fingerprint density at radius 1 is 1.19 bits per heavy atom. The van der Waals surface area contributed by atoms with Crippen molar-refractivity contribution in [3.05, 3.63) is 81.5 Å². The highest BCUT2D eigenvalue weighted by atomic mass is 79.9. The third-order valence-corrected chi connectivity index (χ3v) is 4.51. The smallest absolute Gasteiger partial charge is 0.248 e. The fourth-order valence-electron chi connectivity index (χ4n) is 2.44. The highest BCUT2D eigenvalue weighted by Crippen LogP contribution is 2.25. The van der Waals surface area contributed by atoms with Gasteiger partial charge in [0.25, 0.3) is 0 Å². The molecular weight excluding hydrogens is 418 g/mol. The predicted molar refractivity (Wildman–Crippen MR) is 105 cm³/mol. The van der Waals surface area contributed by atoms with E-state index in [1.165, 1.54) is 4.68 Å². The molecule has 0 saturated heterocycles. The SMILES string of the molecule is CC(C(=O)Nc1ccc(Cl)cc1C(=O)c1ccccc1)n1cc(Br)cn1. The Kier molecular flexibility index (Phi) is 5.54. The van der Waals surface area contributed by atoms with Crippen LogP contribution in [0.5, 0.6) is 0 Å². The van der Waals surface area contributed by atoms with E-state index in [2.05, 4.69) is 26.3 Å². The quantitative estimate of drug-likeness (QED) is 0.593. The van der Waals surface area contributed by atoms with Crippen molar-refractivity contribution in [3.8, 4) is 0 Å². The van der Waals surface area contributed by atoms with E-state index in [-0.39, 0.29) is 11.7 Å². The first-order valence-corrected chi connectivity index (χ1v) is 9.02. The first kappa shape index (κ1) is 18.4. The number of carbonyl (C=O) groups excluding carboxylic acids is 2. The molecule has 7 heteroatoms. The Morgan fingerprint density at radius 3 is 2.58 bits per heavy atom.